The Hall–Kier alpha value is -2.46. The lowest BCUT2D eigenvalue weighted by molar-refractivity contribution is -0.383. The Labute approximate surface area is 158 Å². The van der Waals surface area contributed by atoms with Crippen LogP contribution in [-0.2, 0) is 20.7 Å². The van der Waals surface area contributed by atoms with Crippen LogP contribution in [0.4, 0.5) is 11.4 Å². The molecule has 1 N–H and O–H groups in total. The minimum Gasteiger partial charge on any atom is -0.466 e. The molecule has 26 heavy (non-hydrogen) atoms. The minimum atomic E-state index is -0.546. The van der Waals surface area contributed by atoms with E-state index in [2.05, 4.69) is 10.3 Å². The smallest absolute Gasteiger partial charge is 0.311 e. The lowest BCUT2D eigenvalue weighted by Crippen LogP contribution is -2.22. The van der Waals surface area contributed by atoms with Gasteiger partial charge in [0.1, 0.15) is 5.69 Å². The first-order valence-electron chi connectivity index (χ1n) is 7.71. The van der Waals surface area contributed by atoms with Gasteiger partial charge in [0, 0.05) is 11.4 Å². The predicted octanol–water partition coefficient (Wildman–Crippen LogP) is 3.28. The molecule has 0 saturated heterocycles. The van der Waals surface area contributed by atoms with Gasteiger partial charge in [0.05, 0.1) is 28.9 Å². The standard InChI is InChI=1S/C16H17N3O5S2/c1-3-24-14(20)8-11-9-25-16(17-11)26-10(2)15(21)18-12-6-4-5-7-13(12)19(22)23/h4-7,9-10H,3,8H2,1-2H3,(H,18,21)/t10-/m1/s1. The molecule has 0 radical (unpaired) electrons. The number of nitrogens with zero attached hydrogens (tertiary/aromatic N) is 2. The number of amides is 1. The molecule has 0 aliphatic rings. The van der Waals surface area contributed by atoms with Gasteiger partial charge in [-0.05, 0) is 19.9 Å². The Bertz CT molecular complexity index is 809. The van der Waals surface area contributed by atoms with Crippen molar-refractivity contribution in [2.45, 2.75) is 29.9 Å². The number of thioether (sulfide) groups is 1. The van der Waals surface area contributed by atoms with E-state index in [0.717, 1.165) is 0 Å². The van der Waals surface area contributed by atoms with E-state index in [0.29, 0.717) is 16.6 Å². The zero-order valence-electron chi connectivity index (χ0n) is 14.1. The van der Waals surface area contributed by atoms with Gasteiger partial charge in [0.2, 0.25) is 5.91 Å². The molecular formula is C16H17N3O5S2. The van der Waals surface area contributed by atoms with Crippen molar-refractivity contribution in [3.05, 3.63) is 45.5 Å². The van der Waals surface area contributed by atoms with Gasteiger partial charge in [-0.25, -0.2) is 4.98 Å². The van der Waals surface area contributed by atoms with Crippen LogP contribution in [0.1, 0.15) is 19.5 Å². The number of carbonyl (C=O) groups is 2. The number of aromatic nitrogens is 1. The fraction of sp³-hybridized carbons (Fsp3) is 0.312. The van der Waals surface area contributed by atoms with Crippen molar-refractivity contribution in [2.75, 3.05) is 11.9 Å². The SMILES string of the molecule is CCOC(=O)Cc1csc(S[C@H](C)C(=O)Nc2ccccc2[N+](=O)[O-])n1. The molecule has 1 amide bonds. The molecule has 0 bridgehead atoms. The van der Waals surface area contributed by atoms with E-state index in [1.54, 1.807) is 25.3 Å². The summed E-state index contributed by atoms with van der Waals surface area (Å²) in [7, 11) is 0. The molecule has 0 fully saturated rings. The van der Waals surface area contributed by atoms with Crippen LogP contribution in [-0.4, -0.2) is 33.6 Å². The molecule has 1 atom stereocenters. The number of para-hydroxylation sites is 2. The molecule has 1 aromatic heterocycles. The van der Waals surface area contributed by atoms with E-state index in [-0.39, 0.29) is 29.7 Å². The third-order valence-corrected chi connectivity index (χ3v) is 5.29. The third kappa shape index (κ3) is 5.53. The van der Waals surface area contributed by atoms with Crippen LogP contribution in [0.25, 0.3) is 0 Å². The monoisotopic (exact) mass is 395 g/mol. The second-order valence-corrected chi connectivity index (χ2v) is 7.56. The van der Waals surface area contributed by atoms with Gasteiger partial charge in [-0.15, -0.1) is 11.3 Å². The third-order valence-electron chi connectivity index (χ3n) is 3.17. The number of hydrogen-bond donors (Lipinski definition) is 1. The Balaban J connectivity index is 1.96. The number of hydrogen-bond acceptors (Lipinski definition) is 8. The normalized spacial score (nSPS) is 11.6. The maximum absolute atomic E-state index is 12.3. The summed E-state index contributed by atoms with van der Waals surface area (Å²) in [5, 5.41) is 14.8. The summed E-state index contributed by atoms with van der Waals surface area (Å²) in [6.07, 6.45) is 0.0850. The molecule has 138 valence electrons. The number of nitrogens with one attached hydrogen (secondary N) is 1. The molecule has 0 saturated carbocycles. The summed E-state index contributed by atoms with van der Waals surface area (Å²) < 4.78 is 5.50. The molecule has 2 aromatic rings. The number of thiazole rings is 1. The predicted molar refractivity (Wildman–Crippen MR) is 99.5 cm³/mol. The molecule has 8 nitrogen and oxygen atoms in total. The van der Waals surface area contributed by atoms with Crippen LogP contribution in [0.5, 0.6) is 0 Å². The van der Waals surface area contributed by atoms with Crippen molar-refractivity contribution in [1.82, 2.24) is 4.98 Å². The van der Waals surface area contributed by atoms with Crippen LogP contribution < -0.4 is 5.32 Å². The first-order chi connectivity index (χ1) is 12.4. The molecule has 0 unspecified atom stereocenters. The van der Waals surface area contributed by atoms with Crippen LogP contribution in [0.3, 0.4) is 0 Å². The maximum Gasteiger partial charge on any atom is 0.311 e. The van der Waals surface area contributed by atoms with Crippen molar-refractivity contribution in [2.24, 2.45) is 0 Å². The summed E-state index contributed by atoms with van der Waals surface area (Å²) in [4.78, 5) is 38.5. The molecular weight excluding hydrogens is 378 g/mol. The fourth-order valence-electron chi connectivity index (χ4n) is 1.96. The number of ether oxygens (including phenoxy) is 1. The van der Waals surface area contributed by atoms with Gasteiger partial charge in [-0.3, -0.25) is 19.7 Å². The van der Waals surface area contributed by atoms with Crippen molar-refractivity contribution < 1.29 is 19.2 Å². The molecule has 1 heterocycles. The highest BCUT2D eigenvalue weighted by molar-refractivity contribution is 8.02. The van der Waals surface area contributed by atoms with Gasteiger partial charge < -0.3 is 10.1 Å². The Morgan fingerprint density at radius 1 is 1.42 bits per heavy atom. The second kappa shape index (κ2) is 9.30. The van der Waals surface area contributed by atoms with Crippen LogP contribution in [0.15, 0.2) is 34.0 Å². The Kier molecular flexibility index (Phi) is 7.10. The first-order valence-corrected chi connectivity index (χ1v) is 9.47. The van der Waals surface area contributed by atoms with Gasteiger partial charge in [0.25, 0.3) is 5.69 Å². The molecule has 0 aliphatic carbocycles. The highest BCUT2D eigenvalue weighted by Crippen LogP contribution is 2.29. The van der Waals surface area contributed by atoms with Gasteiger partial charge in [-0.2, -0.15) is 0 Å². The molecule has 10 heteroatoms. The van der Waals surface area contributed by atoms with Gasteiger partial charge in [0.15, 0.2) is 4.34 Å². The number of nitro benzene ring substituents is 1. The topological polar surface area (TPSA) is 111 Å². The van der Waals surface area contributed by atoms with Crippen LogP contribution in [0.2, 0.25) is 0 Å². The number of rotatable bonds is 8. The van der Waals surface area contributed by atoms with E-state index >= 15 is 0 Å². The Morgan fingerprint density at radius 3 is 2.85 bits per heavy atom. The number of carbonyl (C=O) groups excluding carboxylic acids is 2. The highest BCUT2D eigenvalue weighted by Gasteiger charge is 2.21. The number of benzene rings is 1. The zero-order valence-corrected chi connectivity index (χ0v) is 15.8. The summed E-state index contributed by atoms with van der Waals surface area (Å²) in [5.41, 5.74) is 0.573. The van der Waals surface area contributed by atoms with E-state index < -0.39 is 10.2 Å². The number of esters is 1. The average Bonchev–Trinajstić information content (AvgIpc) is 3.02. The first kappa shape index (κ1) is 19.9. The number of nitro groups is 1. The van der Waals surface area contributed by atoms with Crippen LogP contribution in [0, 0.1) is 10.1 Å². The van der Waals surface area contributed by atoms with Crippen LogP contribution >= 0.6 is 23.1 Å². The summed E-state index contributed by atoms with van der Waals surface area (Å²) in [6, 6.07) is 5.96. The molecule has 0 aliphatic heterocycles. The second-order valence-electron chi connectivity index (χ2n) is 5.11. The summed E-state index contributed by atoms with van der Waals surface area (Å²) in [5.74, 6) is -0.719. The Morgan fingerprint density at radius 2 is 2.15 bits per heavy atom. The largest absolute Gasteiger partial charge is 0.466 e. The van der Waals surface area contributed by atoms with Crippen molar-refractivity contribution >= 4 is 46.3 Å². The van der Waals surface area contributed by atoms with E-state index in [1.807, 2.05) is 0 Å². The lowest BCUT2D eigenvalue weighted by Gasteiger charge is -2.10. The summed E-state index contributed by atoms with van der Waals surface area (Å²) >= 11 is 2.55. The summed E-state index contributed by atoms with van der Waals surface area (Å²) in [6.45, 7) is 3.73. The van der Waals surface area contributed by atoms with Crippen molar-refractivity contribution in [3.8, 4) is 0 Å². The zero-order chi connectivity index (χ0) is 19.1. The van der Waals surface area contributed by atoms with Crippen molar-refractivity contribution in [3.63, 3.8) is 0 Å². The lowest BCUT2D eigenvalue weighted by atomic mass is 10.2. The van der Waals surface area contributed by atoms with Gasteiger partial charge >= 0.3 is 5.97 Å². The number of anilines is 1. The highest BCUT2D eigenvalue weighted by atomic mass is 32.2. The van der Waals surface area contributed by atoms with E-state index in [9.17, 15) is 19.7 Å². The molecule has 1 aromatic carbocycles. The average molecular weight is 395 g/mol. The molecule has 2 rings (SSSR count). The van der Waals surface area contributed by atoms with E-state index in [1.165, 1.54) is 41.3 Å². The quantitative estimate of drug-likeness (QED) is 0.316. The maximum atomic E-state index is 12.3. The van der Waals surface area contributed by atoms with Gasteiger partial charge in [-0.1, -0.05) is 23.9 Å². The van der Waals surface area contributed by atoms with Crippen molar-refractivity contribution in [1.29, 1.82) is 0 Å². The fourth-order valence-corrected chi connectivity index (χ4v) is 3.94. The van der Waals surface area contributed by atoms with E-state index in [4.69, 9.17) is 4.74 Å². The minimum absolute atomic E-state index is 0.0850. The molecule has 0 spiro atoms.